The molecular weight excluding hydrogens is 264 g/mol. The molecule has 0 aliphatic heterocycles. The average Bonchev–Trinajstić information content (AvgIpc) is 2.53. The molecule has 0 N–H and O–H groups in total. The maximum Gasteiger partial charge on any atom is 0.107 e. The van der Waals surface area contributed by atoms with Gasteiger partial charge in [-0.25, -0.2) is 0 Å². The van der Waals surface area contributed by atoms with Crippen molar-refractivity contribution in [2.45, 2.75) is 6.61 Å². The number of terminal acetylenes is 1. The van der Waals surface area contributed by atoms with Gasteiger partial charge in [-0.2, -0.15) is 0 Å². The Morgan fingerprint density at radius 2 is 1.52 bits per heavy atom. The molecule has 0 heterocycles. The Bertz CT molecular complexity index is 586. The van der Waals surface area contributed by atoms with Gasteiger partial charge in [0.05, 0.1) is 33.0 Å². The van der Waals surface area contributed by atoms with Gasteiger partial charge in [0.2, 0.25) is 0 Å². The monoisotopic (exact) mass is 284 g/mol. The Balaban J connectivity index is 1.61. The predicted octanol–water partition coefficient (Wildman–Crippen LogP) is 3.02. The highest BCUT2D eigenvalue weighted by atomic mass is 16.5. The number of hydrogen-bond acceptors (Lipinski definition) is 3. The summed E-state index contributed by atoms with van der Waals surface area (Å²) in [5.41, 5.74) is 1.17. The summed E-state index contributed by atoms with van der Waals surface area (Å²) in [5.74, 6) is 2.41. The van der Waals surface area contributed by atoms with Crippen molar-refractivity contribution in [3.63, 3.8) is 0 Å². The molecule has 2 aromatic rings. The van der Waals surface area contributed by atoms with Gasteiger partial charge in [0.1, 0.15) is 6.61 Å². The lowest BCUT2D eigenvalue weighted by atomic mass is 10.1. The summed E-state index contributed by atoms with van der Waals surface area (Å²) >= 11 is 0. The maximum absolute atomic E-state index is 5.60. The largest absolute Gasteiger partial charge is 0.377 e. The minimum atomic E-state index is 0.335. The number of ether oxygens (including phenoxy) is 3. The van der Waals surface area contributed by atoms with E-state index in [9.17, 15) is 0 Å². The Hall–Kier alpha value is -1.86. The second-order valence-corrected chi connectivity index (χ2v) is 4.60. The highest BCUT2D eigenvalue weighted by molar-refractivity contribution is 5.82. The first-order chi connectivity index (χ1) is 10.4. The van der Waals surface area contributed by atoms with E-state index in [2.05, 4.69) is 36.3 Å². The first-order valence-corrected chi connectivity index (χ1v) is 7.04. The van der Waals surface area contributed by atoms with Crippen molar-refractivity contribution in [3.05, 3.63) is 48.0 Å². The molecule has 3 nitrogen and oxygen atoms in total. The van der Waals surface area contributed by atoms with E-state index >= 15 is 0 Å². The predicted molar refractivity (Wildman–Crippen MR) is 84.1 cm³/mol. The van der Waals surface area contributed by atoms with Crippen molar-refractivity contribution < 1.29 is 14.2 Å². The van der Waals surface area contributed by atoms with Gasteiger partial charge in [0, 0.05) is 0 Å². The van der Waals surface area contributed by atoms with Crippen LogP contribution in [0.5, 0.6) is 0 Å². The highest BCUT2D eigenvalue weighted by Crippen LogP contribution is 2.16. The Morgan fingerprint density at radius 1 is 0.810 bits per heavy atom. The fourth-order valence-electron chi connectivity index (χ4n) is 1.99. The van der Waals surface area contributed by atoms with Crippen molar-refractivity contribution in [1.29, 1.82) is 0 Å². The van der Waals surface area contributed by atoms with E-state index in [-0.39, 0.29) is 0 Å². The van der Waals surface area contributed by atoms with Crippen LogP contribution in [0.2, 0.25) is 0 Å². The topological polar surface area (TPSA) is 27.7 Å². The van der Waals surface area contributed by atoms with Crippen LogP contribution < -0.4 is 0 Å². The third-order valence-corrected chi connectivity index (χ3v) is 3.01. The molecule has 0 aliphatic rings. The van der Waals surface area contributed by atoms with E-state index in [0.717, 1.165) is 0 Å². The Labute approximate surface area is 125 Å². The lowest BCUT2D eigenvalue weighted by Gasteiger charge is -2.07. The van der Waals surface area contributed by atoms with Crippen LogP contribution in [0.15, 0.2) is 42.5 Å². The summed E-state index contributed by atoms with van der Waals surface area (Å²) in [7, 11) is 0. The van der Waals surface area contributed by atoms with Gasteiger partial charge in [0.25, 0.3) is 0 Å². The Morgan fingerprint density at radius 3 is 2.33 bits per heavy atom. The van der Waals surface area contributed by atoms with E-state index in [1.165, 1.54) is 16.3 Å². The summed E-state index contributed by atoms with van der Waals surface area (Å²) in [6.45, 7) is 3.13. The molecule has 0 aromatic heterocycles. The number of rotatable bonds is 9. The standard InChI is InChI=1S/C18H20O3/c1-2-9-19-10-11-20-12-13-21-15-16-7-8-17-5-3-4-6-18(17)14-16/h1,3-8,14H,9-13,15H2. The van der Waals surface area contributed by atoms with Crippen LogP contribution in [0.25, 0.3) is 10.8 Å². The first kappa shape index (κ1) is 15.5. The van der Waals surface area contributed by atoms with Gasteiger partial charge in [-0.1, -0.05) is 42.3 Å². The summed E-state index contributed by atoms with van der Waals surface area (Å²) < 4.78 is 16.1. The molecule has 0 unspecified atom stereocenters. The molecule has 0 saturated heterocycles. The van der Waals surface area contributed by atoms with E-state index in [0.29, 0.717) is 39.6 Å². The molecule has 0 spiro atoms. The molecule has 0 atom stereocenters. The minimum absolute atomic E-state index is 0.335. The van der Waals surface area contributed by atoms with Gasteiger partial charge >= 0.3 is 0 Å². The lowest BCUT2D eigenvalue weighted by Crippen LogP contribution is -2.09. The zero-order valence-corrected chi connectivity index (χ0v) is 12.1. The highest BCUT2D eigenvalue weighted by Gasteiger charge is 1.97. The van der Waals surface area contributed by atoms with Crippen LogP contribution in [0.3, 0.4) is 0 Å². The van der Waals surface area contributed by atoms with Gasteiger partial charge < -0.3 is 14.2 Å². The van der Waals surface area contributed by atoms with Crippen LogP contribution in [0, 0.1) is 12.3 Å². The van der Waals surface area contributed by atoms with E-state index in [1.54, 1.807) is 0 Å². The molecular formula is C18H20O3. The second kappa shape index (κ2) is 9.15. The van der Waals surface area contributed by atoms with Crippen LogP contribution in [-0.2, 0) is 20.8 Å². The third-order valence-electron chi connectivity index (χ3n) is 3.01. The molecule has 21 heavy (non-hydrogen) atoms. The average molecular weight is 284 g/mol. The molecule has 2 aromatic carbocycles. The molecule has 0 fully saturated rings. The fraction of sp³-hybridized carbons (Fsp3) is 0.333. The van der Waals surface area contributed by atoms with E-state index in [4.69, 9.17) is 20.6 Å². The maximum atomic E-state index is 5.60. The molecule has 2 rings (SSSR count). The van der Waals surface area contributed by atoms with Crippen molar-refractivity contribution in [1.82, 2.24) is 0 Å². The molecule has 0 amide bonds. The summed E-state index contributed by atoms with van der Waals surface area (Å²) in [5, 5.41) is 2.48. The minimum Gasteiger partial charge on any atom is -0.377 e. The van der Waals surface area contributed by atoms with Gasteiger partial charge in [0.15, 0.2) is 0 Å². The summed E-state index contributed by atoms with van der Waals surface area (Å²) in [4.78, 5) is 0. The SMILES string of the molecule is C#CCOCCOCCOCc1ccc2ccccc2c1. The van der Waals surface area contributed by atoms with Gasteiger partial charge in [-0.15, -0.1) is 6.42 Å². The van der Waals surface area contributed by atoms with Gasteiger partial charge in [-0.05, 0) is 22.4 Å². The summed E-state index contributed by atoms with van der Waals surface area (Å²) in [6.07, 6.45) is 5.06. The quantitative estimate of drug-likeness (QED) is 0.523. The van der Waals surface area contributed by atoms with Crippen molar-refractivity contribution in [2.75, 3.05) is 33.0 Å². The van der Waals surface area contributed by atoms with E-state index in [1.807, 2.05) is 12.1 Å². The van der Waals surface area contributed by atoms with Crippen LogP contribution in [0.1, 0.15) is 5.56 Å². The summed E-state index contributed by atoms with van der Waals surface area (Å²) in [6, 6.07) is 14.7. The molecule has 0 saturated carbocycles. The second-order valence-electron chi connectivity index (χ2n) is 4.60. The molecule has 0 aliphatic carbocycles. The molecule has 3 heteroatoms. The van der Waals surface area contributed by atoms with Crippen molar-refractivity contribution >= 4 is 10.8 Å². The normalized spacial score (nSPS) is 10.6. The molecule has 0 radical (unpaired) electrons. The zero-order chi connectivity index (χ0) is 14.8. The van der Waals surface area contributed by atoms with Gasteiger partial charge in [-0.3, -0.25) is 0 Å². The molecule has 0 bridgehead atoms. The molecule has 110 valence electrons. The lowest BCUT2D eigenvalue weighted by molar-refractivity contribution is 0.0158. The number of fused-ring (bicyclic) bond motifs is 1. The first-order valence-electron chi connectivity index (χ1n) is 7.04. The van der Waals surface area contributed by atoms with E-state index < -0.39 is 0 Å². The van der Waals surface area contributed by atoms with Crippen LogP contribution in [0.4, 0.5) is 0 Å². The fourth-order valence-corrected chi connectivity index (χ4v) is 1.99. The van der Waals surface area contributed by atoms with Crippen LogP contribution in [-0.4, -0.2) is 33.0 Å². The third kappa shape index (κ3) is 5.57. The smallest absolute Gasteiger partial charge is 0.107 e. The Kier molecular flexibility index (Phi) is 6.76. The van der Waals surface area contributed by atoms with Crippen molar-refractivity contribution in [2.24, 2.45) is 0 Å². The number of hydrogen-bond donors (Lipinski definition) is 0. The van der Waals surface area contributed by atoms with Crippen LogP contribution >= 0.6 is 0 Å². The zero-order valence-electron chi connectivity index (χ0n) is 12.1. The number of benzene rings is 2. The van der Waals surface area contributed by atoms with Crippen molar-refractivity contribution in [3.8, 4) is 12.3 Å².